The Balaban J connectivity index is 1.65. The summed E-state index contributed by atoms with van der Waals surface area (Å²) in [6.07, 6.45) is -0.429. The van der Waals surface area contributed by atoms with Gasteiger partial charge in [-0.2, -0.15) is 0 Å². The Morgan fingerprint density at radius 1 is 1.08 bits per heavy atom. The fraction of sp³-hybridized carbons (Fsp3) is 0.481. The second kappa shape index (κ2) is 10.4. The van der Waals surface area contributed by atoms with Gasteiger partial charge in [0.2, 0.25) is 11.9 Å². The number of alkyl halides is 3. The maximum absolute atomic E-state index is 12.5. The molecule has 3 aromatic rings. The molecule has 1 aliphatic rings. The summed E-state index contributed by atoms with van der Waals surface area (Å²) in [5, 5.41) is 3.32. The number of halogens is 3. The molecular formula is C27H33F3N4O2. The summed E-state index contributed by atoms with van der Waals surface area (Å²) in [6, 6.07) is 12.1. The third-order valence-electron chi connectivity index (χ3n) is 6.74. The zero-order valence-electron chi connectivity index (χ0n) is 21.1. The predicted molar refractivity (Wildman–Crippen MR) is 134 cm³/mol. The maximum atomic E-state index is 12.5. The number of nitrogens with zero attached hydrogens (tertiary/aromatic N) is 3. The minimum absolute atomic E-state index is 0.0751. The van der Waals surface area contributed by atoms with Crippen LogP contribution in [-0.2, 0) is 11.2 Å². The first-order valence-corrected chi connectivity index (χ1v) is 12.3. The Bertz CT molecular complexity index is 1190. The van der Waals surface area contributed by atoms with Crippen LogP contribution in [-0.4, -0.2) is 40.8 Å². The third kappa shape index (κ3) is 6.30. The zero-order chi connectivity index (χ0) is 26.0. The highest BCUT2D eigenvalue weighted by molar-refractivity contribution is 5.81. The van der Waals surface area contributed by atoms with Crippen molar-refractivity contribution in [3.63, 3.8) is 0 Å². The van der Waals surface area contributed by atoms with Gasteiger partial charge in [0, 0.05) is 32.2 Å². The molecule has 36 heavy (non-hydrogen) atoms. The number of nitrogens with one attached hydrogen (secondary N) is 1. The number of anilines is 2. The summed E-state index contributed by atoms with van der Waals surface area (Å²) in [7, 11) is 3.50. The van der Waals surface area contributed by atoms with E-state index in [2.05, 4.69) is 34.5 Å². The van der Waals surface area contributed by atoms with E-state index in [-0.39, 0.29) is 17.7 Å². The zero-order valence-corrected chi connectivity index (χ0v) is 21.1. The van der Waals surface area contributed by atoms with Crippen molar-refractivity contribution in [1.29, 1.82) is 0 Å². The van der Waals surface area contributed by atoms with E-state index in [1.54, 1.807) is 31.1 Å². The molecular weight excluding hydrogens is 469 g/mol. The summed E-state index contributed by atoms with van der Waals surface area (Å²) in [5.74, 6) is 1.63. The molecule has 0 radical (unpaired) electrons. The van der Waals surface area contributed by atoms with Crippen LogP contribution in [0.1, 0.15) is 51.1 Å². The Morgan fingerprint density at radius 2 is 1.75 bits per heavy atom. The summed E-state index contributed by atoms with van der Waals surface area (Å²) in [4.78, 5) is 18.5. The van der Waals surface area contributed by atoms with Crippen LogP contribution >= 0.6 is 0 Å². The summed E-state index contributed by atoms with van der Waals surface area (Å²) in [5.41, 5.74) is 3.49. The van der Waals surface area contributed by atoms with Gasteiger partial charge in [0.15, 0.2) is 0 Å². The number of imidazole rings is 1. The topological polar surface area (TPSA) is 59.4 Å². The number of amides is 1. The van der Waals surface area contributed by atoms with Crippen LogP contribution in [0.15, 0.2) is 42.5 Å². The Morgan fingerprint density at radius 3 is 2.36 bits per heavy atom. The van der Waals surface area contributed by atoms with E-state index in [0.29, 0.717) is 36.3 Å². The molecule has 9 heteroatoms. The van der Waals surface area contributed by atoms with Crippen molar-refractivity contribution in [3.8, 4) is 5.75 Å². The molecule has 0 saturated heterocycles. The monoisotopic (exact) mass is 502 g/mol. The summed E-state index contributed by atoms with van der Waals surface area (Å²) >= 11 is 0. The van der Waals surface area contributed by atoms with Crippen molar-refractivity contribution < 1.29 is 22.7 Å². The lowest BCUT2D eigenvalue weighted by molar-refractivity contribution is -0.274. The fourth-order valence-electron chi connectivity index (χ4n) is 5.22. The highest BCUT2D eigenvalue weighted by atomic mass is 19.4. The van der Waals surface area contributed by atoms with Gasteiger partial charge in [-0.05, 0) is 79.5 Å². The number of carbonyl (C=O) groups is 1. The number of benzene rings is 2. The second-order valence-electron chi connectivity index (χ2n) is 10.2. The molecule has 2 atom stereocenters. The first-order valence-electron chi connectivity index (χ1n) is 12.3. The quantitative estimate of drug-likeness (QED) is 0.391. The molecule has 1 N–H and O–H groups in total. The maximum Gasteiger partial charge on any atom is 0.573 e. The highest BCUT2D eigenvalue weighted by Gasteiger charge is 2.31. The lowest BCUT2D eigenvalue weighted by atomic mass is 9.80. The molecule has 0 spiro atoms. The molecule has 0 bridgehead atoms. The largest absolute Gasteiger partial charge is 0.573 e. The van der Waals surface area contributed by atoms with Gasteiger partial charge in [0.25, 0.3) is 0 Å². The number of hydrogen-bond acceptors (Lipinski definition) is 4. The molecule has 4 rings (SSSR count). The molecule has 2 aromatic carbocycles. The number of hydrogen-bond donors (Lipinski definition) is 1. The van der Waals surface area contributed by atoms with Gasteiger partial charge < -0.3 is 19.5 Å². The second-order valence-corrected chi connectivity index (χ2v) is 10.2. The van der Waals surface area contributed by atoms with E-state index in [0.717, 1.165) is 29.4 Å². The van der Waals surface area contributed by atoms with Gasteiger partial charge in [0.1, 0.15) is 5.75 Å². The third-order valence-corrected chi connectivity index (χ3v) is 6.74. The molecule has 1 heterocycles. The lowest BCUT2D eigenvalue weighted by Crippen LogP contribution is -2.23. The fourth-order valence-corrected chi connectivity index (χ4v) is 5.22. The molecule has 1 fully saturated rings. The molecule has 0 aliphatic heterocycles. The van der Waals surface area contributed by atoms with Crippen molar-refractivity contribution >= 4 is 28.6 Å². The average Bonchev–Trinajstić information content (AvgIpc) is 3.14. The number of carbonyl (C=O) groups excluding carboxylic acids is 1. The Labute approximate surface area is 209 Å². The smallest absolute Gasteiger partial charge is 0.406 e. The molecule has 2 unspecified atom stereocenters. The van der Waals surface area contributed by atoms with Crippen molar-refractivity contribution in [2.75, 3.05) is 19.4 Å². The number of aromatic nitrogens is 2. The average molecular weight is 503 g/mol. The predicted octanol–water partition coefficient (Wildman–Crippen LogP) is 6.70. The molecule has 6 nitrogen and oxygen atoms in total. The standard InChI is InChI=1S/C27H33F3N4O2/c1-17-13-18(2)15-21(14-17)34-24-11-5-19(6-12-25(35)33(3)4)16-23(24)32-26(34)31-20-7-9-22(10-8-20)36-27(28,29)30/h5,7-11,16-18,21H,6,12-15H2,1-4H3,(H,31,32). The van der Waals surface area contributed by atoms with Gasteiger partial charge in [0.05, 0.1) is 11.0 Å². The highest BCUT2D eigenvalue weighted by Crippen LogP contribution is 2.40. The summed E-state index contributed by atoms with van der Waals surface area (Å²) < 4.78 is 43.8. The van der Waals surface area contributed by atoms with Crippen molar-refractivity contribution in [3.05, 3.63) is 48.0 Å². The van der Waals surface area contributed by atoms with Gasteiger partial charge in [-0.3, -0.25) is 4.79 Å². The van der Waals surface area contributed by atoms with Crippen LogP contribution in [0.25, 0.3) is 11.0 Å². The van der Waals surface area contributed by atoms with Crippen LogP contribution < -0.4 is 10.1 Å². The minimum Gasteiger partial charge on any atom is -0.406 e. The van der Waals surface area contributed by atoms with Crippen LogP contribution in [0.2, 0.25) is 0 Å². The molecule has 1 amide bonds. The Kier molecular flexibility index (Phi) is 7.47. The Hall–Kier alpha value is -3.23. The van der Waals surface area contributed by atoms with E-state index in [1.807, 2.05) is 12.1 Å². The van der Waals surface area contributed by atoms with Crippen molar-refractivity contribution in [2.45, 2.75) is 58.4 Å². The van der Waals surface area contributed by atoms with Gasteiger partial charge in [-0.15, -0.1) is 13.2 Å². The number of ether oxygens (including phenoxy) is 1. The van der Waals surface area contributed by atoms with E-state index in [1.165, 1.54) is 18.6 Å². The molecule has 194 valence electrons. The van der Waals surface area contributed by atoms with Gasteiger partial charge in [-0.1, -0.05) is 19.9 Å². The first-order chi connectivity index (χ1) is 17.0. The van der Waals surface area contributed by atoms with Crippen molar-refractivity contribution in [1.82, 2.24) is 14.5 Å². The minimum atomic E-state index is -4.73. The van der Waals surface area contributed by atoms with E-state index in [9.17, 15) is 18.0 Å². The van der Waals surface area contributed by atoms with Crippen LogP contribution in [0, 0.1) is 11.8 Å². The summed E-state index contributed by atoms with van der Waals surface area (Å²) in [6.45, 7) is 4.54. The SMILES string of the molecule is CC1CC(C)CC(n2c(Nc3ccc(OC(F)(F)F)cc3)nc3cc(CCC(=O)N(C)C)ccc32)C1. The number of aryl methyl sites for hydroxylation is 1. The molecule has 1 aliphatic carbocycles. The van der Waals surface area contributed by atoms with Crippen molar-refractivity contribution in [2.24, 2.45) is 11.8 Å². The van der Waals surface area contributed by atoms with Crippen LogP contribution in [0.3, 0.4) is 0 Å². The van der Waals surface area contributed by atoms with Crippen LogP contribution in [0.5, 0.6) is 5.75 Å². The van der Waals surface area contributed by atoms with Gasteiger partial charge in [-0.25, -0.2) is 4.98 Å². The number of fused-ring (bicyclic) bond motifs is 1. The van der Waals surface area contributed by atoms with Crippen LogP contribution in [0.4, 0.5) is 24.8 Å². The van der Waals surface area contributed by atoms with E-state index >= 15 is 0 Å². The first kappa shape index (κ1) is 25.9. The van der Waals surface area contributed by atoms with E-state index < -0.39 is 6.36 Å². The van der Waals surface area contributed by atoms with E-state index in [4.69, 9.17) is 4.98 Å². The lowest BCUT2D eigenvalue weighted by Gasteiger charge is -2.33. The molecule has 1 saturated carbocycles. The number of rotatable bonds is 7. The normalized spacial score (nSPS) is 20.4. The molecule has 1 aromatic heterocycles. The van der Waals surface area contributed by atoms with Gasteiger partial charge >= 0.3 is 6.36 Å².